The van der Waals surface area contributed by atoms with Crippen LogP contribution in [0, 0.1) is 3.57 Å². The molecule has 11 heteroatoms. The van der Waals surface area contributed by atoms with Crippen molar-refractivity contribution in [3.63, 3.8) is 0 Å². The molecule has 0 bridgehead atoms. The van der Waals surface area contributed by atoms with Crippen LogP contribution in [0.4, 0.5) is 4.79 Å². The third kappa shape index (κ3) is 7.39. The molecule has 3 aromatic rings. The molecule has 1 heterocycles. The highest BCUT2D eigenvalue weighted by Gasteiger charge is 2.36. The standard InChI is InChI=1S/C30H28BrIN2O7/c1-4-11-40-24-10-7-19(14-25(24)38-2)16-34-29(36)22(28(35)33-30(34)37)12-20-13-23(32)27(26(15-20)39-3)41-17-18-5-8-21(31)9-6-18/h5-10,12-15H,4,11,16-17H2,1-3H3,(H,33,35,37)/b22-12+. The van der Waals surface area contributed by atoms with Crippen LogP contribution in [0.5, 0.6) is 23.0 Å². The molecule has 3 aromatic carbocycles. The minimum Gasteiger partial charge on any atom is -0.493 e. The van der Waals surface area contributed by atoms with E-state index in [0.717, 1.165) is 24.9 Å². The number of ether oxygens (including phenoxy) is 4. The van der Waals surface area contributed by atoms with E-state index in [1.807, 2.05) is 31.2 Å². The quantitative estimate of drug-likeness (QED) is 0.144. The van der Waals surface area contributed by atoms with E-state index in [2.05, 4.69) is 43.8 Å². The van der Waals surface area contributed by atoms with E-state index in [1.54, 1.807) is 30.3 Å². The Labute approximate surface area is 260 Å². The molecular formula is C30H28BrIN2O7. The van der Waals surface area contributed by atoms with E-state index in [9.17, 15) is 14.4 Å². The fraction of sp³-hybridized carbons (Fsp3) is 0.233. The molecule has 4 amide bonds. The van der Waals surface area contributed by atoms with Crippen LogP contribution < -0.4 is 24.3 Å². The summed E-state index contributed by atoms with van der Waals surface area (Å²) in [6.45, 7) is 2.79. The lowest BCUT2D eigenvalue weighted by atomic mass is 10.1. The number of hydrogen-bond acceptors (Lipinski definition) is 7. The monoisotopic (exact) mass is 734 g/mol. The first kappa shape index (κ1) is 30.4. The minimum atomic E-state index is -0.800. The molecule has 9 nitrogen and oxygen atoms in total. The highest BCUT2D eigenvalue weighted by atomic mass is 127. The molecule has 0 unspecified atom stereocenters. The van der Waals surface area contributed by atoms with Crippen molar-refractivity contribution >= 4 is 62.4 Å². The van der Waals surface area contributed by atoms with Crippen molar-refractivity contribution in [1.82, 2.24) is 10.2 Å². The molecule has 0 aliphatic carbocycles. The van der Waals surface area contributed by atoms with Gasteiger partial charge in [0.2, 0.25) is 0 Å². The van der Waals surface area contributed by atoms with Crippen LogP contribution in [-0.4, -0.2) is 43.6 Å². The normalized spacial score (nSPS) is 14.2. The van der Waals surface area contributed by atoms with Gasteiger partial charge in [-0.25, -0.2) is 4.79 Å². The first-order chi connectivity index (χ1) is 19.7. The third-order valence-electron chi connectivity index (χ3n) is 6.08. The van der Waals surface area contributed by atoms with Crippen molar-refractivity contribution < 1.29 is 33.3 Å². The Morgan fingerprint density at radius 1 is 0.902 bits per heavy atom. The van der Waals surface area contributed by atoms with E-state index in [4.69, 9.17) is 18.9 Å². The van der Waals surface area contributed by atoms with E-state index in [-0.39, 0.29) is 12.1 Å². The second-order valence-corrected chi connectivity index (χ2v) is 11.1. The highest BCUT2D eigenvalue weighted by Crippen LogP contribution is 2.36. The summed E-state index contributed by atoms with van der Waals surface area (Å²) in [7, 11) is 3.03. The Hall–Kier alpha value is -3.58. The van der Waals surface area contributed by atoms with Crippen molar-refractivity contribution in [1.29, 1.82) is 0 Å². The molecule has 0 saturated carbocycles. The van der Waals surface area contributed by atoms with Crippen LogP contribution in [0.25, 0.3) is 6.08 Å². The van der Waals surface area contributed by atoms with Gasteiger partial charge in [-0.05, 0) is 88.2 Å². The predicted molar refractivity (Wildman–Crippen MR) is 165 cm³/mol. The molecule has 41 heavy (non-hydrogen) atoms. The van der Waals surface area contributed by atoms with Gasteiger partial charge in [0, 0.05) is 4.47 Å². The maximum absolute atomic E-state index is 13.4. The van der Waals surface area contributed by atoms with Gasteiger partial charge in [0.1, 0.15) is 12.2 Å². The second kappa shape index (κ2) is 13.9. The molecule has 1 fully saturated rings. The van der Waals surface area contributed by atoms with Crippen LogP contribution in [0.15, 0.2) is 64.6 Å². The lowest BCUT2D eigenvalue weighted by molar-refractivity contribution is -0.130. The number of carbonyl (C=O) groups excluding carboxylic acids is 3. The maximum atomic E-state index is 13.4. The Kier molecular flexibility index (Phi) is 10.3. The van der Waals surface area contributed by atoms with Crippen molar-refractivity contribution in [2.45, 2.75) is 26.5 Å². The number of amides is 4. The van der Waals surface area contributed by atoms with Crippen LogP contribution in [0.2, 0.25) is 0 Å². The molecular weight excluding hydrogens is 707 g/mol. The molecule has 0 spiro atoms. The van der Waals surface area contributed by atoms with Gasteiger partial charge in [-0.15, -0.1) is 0 Å². The van der Waals surface area contributed by atoms with Gasteiger partial charge in [0.25, 0.3) is 11.8 Å². The average molecular weight is 735 g/mol. The zero-order valence-corrected chi connectivity index (χ0v) is 26.4. The largest absolute Gasteiger partial charge is 0.493 e. The van der Waals surface area contributed by atoms with Crippen LogP contribution >= 0.6 is 38.5 Å². The number of carbonyl (C=O) groups is 3. The maximum Gasteiger partial charge on any atom is 0.331 e. The van der Waals surface area contributed by atoms with E-state index >= 15 is 0 Å². The number of nitrogens with one attached hydrogen (secondary N) is 1. The van der Waals surface area contributed by atoms with Crippen molar-refractivity contribution in [2.75, 3.05) is 20.8 Å². The molecule has 1 saturated heterocycles. The number of benzene rings is 3. The van der Waals surface area contributed by atoms with Gasteiger partial charge in [0.15, 0.2) is 23.0 Å². The lowest BCUT2D eigenvalue weighted by Crippen LogP contribution is -2.53. The topological polar surface area (TPSA) is 103 Å². The molecule has 1 aliphatic heterocycles. The van der Waals surface area contributed by atoms with Gasteiger partial charge in [-0.3, -0.25) is 19.8 Å². The van der Waals surface area contributed by atoms with E-state index in [0.29, 0.717) is 47.3 Å². The fourth-order valence-corrected chi connectivity index (χ4v) is 5.07. The lowest BCUT2D eigenvalue weighted by Gasteiger charge is -2.26. The fourth-order valence-electron chi connectivity index (χ4n) is 4.03. The summed E-state index contributed by atoms with van der Waals surface area (Å²) >= 11 is 5.53. The summed E-state index contributed by atoms with van der Waals surface area (Å²) in [4.78, 5) is 39.7. The van der Waals surface area contributed by atoms with E-state index < -0.39 is 17.8 Å². The first-order valence-corrected chi connectivity index (χ1v) is 14.5. The summed E-state index contributed by atoms with van der Waals surface area (Å²) in [6.07, 6.45) is 2.27. The summed E-state index contributed by atoms with van der Waals surface area (Å²) in [5.74, 6) is 0.535. The number of rotatable bonds is 11. The number of hydrogen-bond donors (Lipinski definition) is 1. The Morgan fingerprint density at radius 3 is 2.29 bits per heavy atom. The number of methoxy groups -OCH3 is 2. The Balaban J connectivity index is 1.56. The summed E-state index contributed by atoms with van der Waals surface area (Å²) in [5.41, 5.74) is 1.97. The van der Waals surface area contributed by atoms with Gasteiger partial charge in [-0.2, -0.15) is 0 Å². The predicted octanol–water partition coefficient (Wildman–Crippen LogP) is 6.10. The smallest absolute Gasteiger partial charge is 0.331 e. The minimum absolute atomic E-state index is 0.0661. The SMILES string of the molecule is CCCOc1ccc(CN2C(=O)NC(=O)/C(=C\c3cc(I)c(OCc4ccc(Br)cc4)c(OC)c3)C2=O)cc1OC. The summed E-state index contributed by atoms with van der Waals surface area (Å²) in [6, 6.07) is 15.6. The second-order valence-electron chi connectivity index (χ2n) is 8.99. The number of urea groups is 1. The summed E-state index contributed by atoms with van der Waals surface area (Å²) < 4.78 is 24.4. The van der Waals surface area contributed by atoms with Crippen LogP contribution in [0.1, 0.15) is 30.0 Å². The van der Waals surface area contributed by atoms with Gasteiger partial charge < -0.3 is 18.9 Å². The van der Waals surface area contributed by atoms with Crippen LogP contribution in [0.3, 0.4) is 0 Å². The average Bonchev–Trinajstić information content (AvgIpc) is 2.96. The Bertz CT molecular complexity index is 1490. The third-order valence-corrected chi connectivity index (χ3v) is 7.41. The zero-order chi connectivity index (χ0) is 29.5. The number of imide groups is 2. The number of nitrogens with zero attached hydrogens (tertiary/aromatic N) is 1. The molecule has 1 aliphatic rings. The molecule has 214 valence electrons. The van der Waals surface area contributed by atoms with Gasteiger partial charge in [-0.1, -0.05) is 41.1 Å². The number of barbiturate groups is 1. The zero-order valence-electron chi connectivity index (χ0n) is 22.7. The van der Waals surface area contributed by atoms with Gasteiger partial charge in [0.05, 0.1) is 30.9 Å². The number of halogens is 2. The molecule has 0 atom stereocenters. The van der Waals surface area contributed by atoms with Crippen LogP contribution in [-0.2, 0) is 22.7 Å². The highest BCUT2D eigenvalue weighted by molar-refractivity contribution is 14.1. The molecule has 1 N–H and O–H groups in total. The van der Waals surface area contributed by atoms with Crippen molar-refractivity contribution in [2.24, 2.45) is 0 Å². The van der Waals surface area contributed by atoms with Gasteiger partial charge >= 0.3 is 6.03 Å². The Morgan fingerprint density at radius 2 is 1.61 bits per heavy atom. The van der Waals surface area contributed by atoms with Crippen molar-refractivity contribution in [3.8, 4) is 23.0 Å². The molecule has 0 radical (unpaired) electrons. The molecule has 4 rings (SSSR count). The molecule has 0 aromatic heterocycles. The van der Waals surface area contributed by atoms with E-state index in [1.165, 1.54) is 20.3 Å². The summed E-state index contributed by atoms with van der Waals surface area (Å²) in [5, 5.41) is 2.26. The first-order valence-electron chi connectivity index (χ1n) is 12.7. The van der Waals surface area contributed by atoms with Crippen molar-refractivity contribution in [3.05, 3.63) is 84.9 Å².